The Morgan fingerprint density at radius 1 is 1.12 bits per heavy atom. The van der Waals surface area contributed by atoms with Gasteiger partial charge in [-0.25, -0.2) is 0 Å². The van der Waals surface area contributed by atoms with Crippen molar-refractivity contribution in [1.29, 1.82) is 0 Å². The lowest BCUT2D eigenvalue weighted by Crippen LogP contribution is -2.53. The largest absolute Gasteiger partial charge is 0.506 e. The number of nitro groups is 1. The summed E-state index contributed by atoms with van der Waals surface area (Å²) < 4.78 is 0. The van der Waals surface area contributed by atoms with Gasteiger partial charge < -0.3 is 10.4 Å². The van der Waals surface area contributed by atoms with Gasteiger partial charge in [0.2, 0.25) is 5.91 Å². The normalized spacial score (nSPS) is 26.6. The molecule has 2 fully saturated rings. The number of rotatable bonds is 4. The summed E-state index contributed by atoms with van der Waals surface area (Å²) in [7, 11) is 0. The Morgan fingerprint density at radius 2 is 1.81 bits per heavy atom. The quantitative estimate of drug-likeness (QED) is 0.493. The van der Waals surface area contributed by atoms with Crippen molar-refractivity contribution >= 4 is 17.3 Å². The molecule has 2 bridgehead atoms. The van der Waals surface area contributed by atoms with Crippen LogP contribution in [0.1, 0.15) is 30.7 Å². The summed E-state index contributed by atoms with van der Waals surface area (Å²) in [6, 6.07) is 14.1. The number of aromatic hydroxyl groups is 1. The molecular weight excluding hydrogens is 332 g/mol. The summed E-state index contributed by atoms with van der Waals surface area (Å²) in [4.78, 5) is 23.0. The highest BCUT2D eigenvalue weighted by Gasteiger charge is 2.55. The molecule has 2 N–H and O–H groups in total. The molecule has 2 aromatic carbocycles. The third-order valence-corrected chi connectivity index (χ3v) is 5.86. The molecule has 0 unspecified atom stereocenters. The van der Waals surface area contributed by atoms with Crippen molar-refractivity contribution < 1.29 is 14.8 Å². The number of phenols is 1. The highest BCUT2D eigenvalue weighted by Crippen LogP contribution is 2.60. The molecular formula is C20H20N2O4. The fourth-order valence-electron chi connectivity index (χ4n) is 4.76. The summed E-state index contributed by atoms with van der Waals surface area (Å²) in [6.07, 6.45) is 3.20. The van der Waals surface area contributed by atoms with E-state index in [0.717, 1.165) is 25.3 Å². The number of benzene rings is 2. The number of non-ortho nitro benzene ring substituents is 1. The molecule has 0 radical (unpaired) electrons. The van der Waals surface area contributed by atoms with Gasteiger partial charge in [0, 0.05) is 12.0 Å². The molecule has 6 nitrogen and oxygen atoms in total. The molecule has 0 spiro atoms. The van der Waals surface area contributed by atoms with Gasteiger partial charge in [-0.05, 0) is 42.2 Å². The number of carbonyl (C=O) groups is 1. The minimum Gasteiger partial charge on any atom is -0.506 e. The first-order valence-corrected chi connectivity index (χ1v) is 8.89. The Balaban J connectivity index is 1.50. The molecule has 0 heterocycles. The molecule has 4 rings (SSSR count). The standard InChI is InChI=1S/C20H20N2O4/c23-17-11-13(22(25)26)9-10-16(17)21-20(24)19-14-7-4-8-15(19)18(14)12-5-2-1-3-6-12/h1-3,5-6,9-11,14-15,18-19,23H,4,7-8H2,(H,21,24)/t14-,15-,18?,19?/m0/s1. The summed E-state index contributed by atoms with van der Waals surface area (Å²) in [6.45, 7) is 0. The maximum Gasteiger partial charge on any atom is 0.273 e. The number of phenolic OH excluding ortho intramolecular Hbond substituents is 1. The van der Waals surface area contributed by atoms with Crippen LogP contribution >= 0.6 is 0 Å². The SMILES string of the molecule is O=C(Nc1ccc([N+](=O)[O-])cc1O)C1[C@H]2CCC[C@H]1C2c1ccccc1. The second-order valence-corrected chi connectivity index (χ2v) is 7.17. The molecule has 0 saturated heterocycles. The molecule has 0 aliphatic heterocycles. The van der Waals surface area contributed by atoms with Crippen molar-refractivity contribution in [3.8, 4) is 5.75 Å². The van der Waals surface area contributed by atoms with Gasteiger partial charge >= 0.3 is 0 Å². The van der Waals surface area contributed by atoms with E-state index in [9.17, 15) is 20.0 Å². The van der Waals surface area contributed by atoms with Crippen LogP contribution in [0.3, 0.4) is 0 Å². The van der Waals surface area contributed by atoms with Crippen molar-refractivity contribution in [2.75, 3.05) is 5.32 Å². The highest BCUT2D eigenvalue weighted by molar-refractivity contribution is 5.95. The molecule has 0 aromatic heterocycles. The maximum atomic E-state index is 12.8. The maximum absolute atomic E-state index is 12.8. The van der Waals surface area contributed by atoms with E-state index in [1.165, 1.54) is 17.7 Å². The van der Waals surface area contributed by atoms with E-state index in [1.807, 2.05) is 18.2 Å². The number of fused-ring (bicyclic) bond motifs is 2. The van der Waals surface area contributed by atoms with Gasteiger partial charge in [-0.2, -0.15) is 0 Å². The average molecular weight is 352 g/mol. The Bertz CT molecular complexity index is 840. The van der Waals surface area contributed by atoms with Crippen molar-refractivity contribution in [3.05, 3.63) is 64.2 Å². The summed E-state index contributed by atoms with van der Waals surface area (Å²) in [5.41, 5.74) is 1.32. The fraction of sp³-hybridized carbons (Fsp3) is 0.350. The van der Waals surface area contributed by atoms with Gasteiger partial charge in [-0.3, -0.25) is 14.9 Å². The van der Waals surface area contributed by atoms with Crippen LogP contribution < -0.4 is 5.32 Å². The monoisotopic (exact) mass is 352 g/mol. The van der Waals surface area contributed by atoms with Gasteiger partial charge in [0.05, 0.1) is 16.7 Å². The Kier molecular flexibility index (Phi) is 4.11. The average Bonchev–Trinajstić information content (AvgIpc) is 2.64. The number of hydrogen-bond donors (Lipinski definition) is 2. The fourth-order valence-corrected chi connectivity index (χ4v) is 4.76. The van der Waals surface area contributed by atoms with E-state index in [2.05, 4.69) is 17.4 Å². The Morgan fingerprint density at radius 3 is 2.42 bits per heavy atom. The van der Waals surface area contributed by atoms with E-state index in [-0.39, 0.29) is 28.9 Å². The zero-order valence-corrected chi connectivity index (χ0v) is 14.2. The second kappa shape index (κ2) is 6.44. The Labute approximate surface area is 151 Å². The zero-order valence-electron chi connectivity index (χ0n) is 14.2. The van der Waals surface area contributed by atoms with Gasteiger partial charge in [0.15, 0.2) is 0 Å². The van der Waals surface area contributed by atoms with Crippen molar-refractivity contribution in [2.24, 2.45) is 17.8 Å². The van der Waals surface area contributed by atoms with Gasteiger partial charge in [0.1, 0.15) is 5.75 Å². The Hall–Kier alpha value is -2.89. The number of nitrogens with one attached hydrogen (secondary N) is 1. The van der Waals surface area contributed by atoms with Gasteiger partial charge in [-0.15, -0.1) is 0 Å². The number of nitrogens with zero attached hydrogens (tertiary/aromatic N) is 1. The van der Waals surface area contributed by atoms with Crippen LogP contribution in [0, 0.1) is 27.9 Å². The summed E-state index contributed by atoms with van der Waals surface area (Å²) in [5.74, 6) is 0.607. The molecule has 134 valence electrons. The number of carbonyl (C=O) groups excluding carboxylic acids is 1. The van der Waals surface area contributed by atoms with Crippen LogP contribution in [0.2, 0.25) is 0 Å². The first-order valence-electron chi connectivity index (χ1n) is 8.89. The number of nitro benzene ring substituents is 1. The lowest BCUT2D eigenvalue weighted by molar-refractivity contribution is -0.384. The smallest absolute Gasteiger partial charge is 0.273 e. The van der Waals surface area contributed by atoms with Crippen molar-refractivity contribution in [2.45, 2.75) is 25.2 Å². The van der Waals surface area contributed by atoms with Crippen LogP contribution in [-0.2, 0) is 4.79 Å². The van der Waals surface area contributed by atoms with Crippen molar-refractivity contribution in [1.82, 2.24) is 0 Å². The first-order chi connectivity index (χ1) is 12.6. The van der Waals surface area contributed by atoms with Crippen LogP contribution in [0.5, 0.6) is 5.75 Å². The molecule has 2 aliphatic carbocycles. The predicted octanol–water partition coefficient (Wildman–Crippen LogP) is 4.07. The minimum absolute atomic E-state index is 0.0662. The molecule has 2 aromatic rings. The lowest BCUT2D eigenvalue weighted by atomic mass is 9.48. The molecule has 2 atom stereocenters. The molecule has 2 saturated carbocycles. The molecule has 1 amide bonds. The molecule has 26 heavy (non-hydrogen) atoms. The summed E-state index contributed by atoms with van der Waals surface area (Å²) in [5, 5.41) is 23.5. The van der Waals surface area contributed by atoms with Crippen molar-refractivity contribution in [3.63, 3.8) is 0 Å². The van der Waals surface area contributed by atoms with E-state index in [4.69, 9.17) is 0 Å². The van der Waals surface area contributed by atoms with E-state index < -0.39 is 4.92 Å². The number of amides is 1. The van der Waals surface area contributed by atoms with Gasteiger partial charge in [0.25, 0.3) is 5.69 Å². The predicted molar refractivity (Wildman–Crippen MR) is 96.9 cm³/mol. The van der Waals surface area contributed by atoms with Crippen LogP contribution in [0.15, 0.2) is 48.5 Å². The third kappa shape index (κ3) is 2.71. The van der Waals surface area contributed by atoms with Crippen LogP contribution in [-0.4, -0.2) is 15.9 Å². The topological polar surface area (TPSA) is 92.5 Å². The second-order valence-electron chi connectivity index (χ2n) is 7.17. The first kappa shape index (κ1) is 16.6. The molecule has 6 heteroatoms. The van der Waals surface area contributed by atoms with E-state index in [0.29, 0.717) is 17.8 Å². The van der Waals surface area contributed by atoms with E-state index in [1.54, 1.807) is 0 Å². The number of hydrogen-bond acceptors (Lipinski definition) is 4. The van der Waals surface area contributed by atoms with Crippen LogP contribution in [0.25, 0.3) is 0 Å². The highest BCUT2D eigenvalue weighted by atomic mass is 16.6. The van der Waals surface area contributed by atoms with Crippen LogP contribution in [0.4, 0.5) is 11.4 Å². The number of anilines is 1. The molecule has 2 aliphatic rings. The third-order valence-electron chi connectivity index (χ3n) is 5.86. The summed E-state index contributed by atoms with van der Waals surface area (Å²) >= 11 is 0. The van der Waals surface area contributed by atoms with Gasteiger partial charge in [-0.1, -0.05) is 36.8 Å². The lowest BCUT2D eigenvalue weighted by Gasteiger charge is -2.55. The minimum atomic E-state index is -0.577. The zero-order chi connectivity index (χ0) is 18.3. The van der Waals surface area contributed by atoms with E-state index >= 15 is 0 Å².